The number of carbonyl (C=O) groups is 2. The lowest BCUT2D eigenvalue weighted by Gasteiger charge is -2.17. The maximum atomic E-state index is 12.5. The molecule has 0 unspecified atom stereocenters. The molecule has 0 radical (unpaired) electrons. The first-order valence-corrected chi connectivity index (χ1v) is 9.78. The lowest BCUT2D eigenvalue weighted by atomic mass is 10.1. The summed E-state index contributed by atoms with van der Waals surface area (Å²) >= 11 is 9.43. The van der Waals surface area contributed by atoms with E-state index in [0.717, 1.165) is 15.7 Å². The number of hydrogen-bond acceptors (Lipinski definition) is 2. The van der Waals surface area contributed by atoms with Crippen molar-refractivity contribution in [3.05, 3.63) is 93.4 Å². The molecule has 0 aliphatic rings. The maximum Gasteiger partial charge on any atom is 0.257 e. The number of likely N-dealkylation sites (N-methyl/N-ethyl adjacent to an activating group) is 1. The Labute approximate surface area is 177 Å². The summed E-state index contributed by atoms with van der Waals surface area (Å²) < 4.78 is 0.776. The van der Waals surface area contributed by atoms with Crippen molar-refractivity contribution in [3.63, 3.8) is 0 Å². The summed E-state index contributed by atoms with van der Waals surface area (Å²) in [4.78, 5) is 26.5. The van der Waals surface area contributed by atoms with Crippen LogP contribution in [0.2, 0.25) is 5.02 Å². The lowest BCUT2D eigenvalue weighted by molar-refractivity contribution is -0.117. The Balaban J connectivity index is 1.64. The second-order valence-electron chi connectivity index (χ2n) is 6.24. The first-order valence-electron chi connectivity index (χ1n) is 8.61. The van der Waals surface area contributed by atoms with Gasteiger partial charge in [0, 0.05) is 22.9 Å². The number of para-hydroxylation sites is 1. The Morgan fingerprint density at radius 2 is 1.68 bits per heavy atom. The average molecular weight is 458 g/mol. The summed E-state index contributed by atoms with van der Waals surface area (Å²) in [5.74, 6) is -0.303. The van der Waals surface area contributed by atoms with Crippen LogP contribution in [0.25, 0.3) is 0 Å². The van der Waals surface area contributed by atoms with E-state index < -0.39 is 0 Å². The van der Waals surface area contributed by atoms with Gasteiger partial charge in [-0.1, -0.05) is 57.9 Å². The molecule has 0 atom stereocenters. The molecule has 0 saturated heterocycles. The van der Waals surface area contributed by atoms with Crippen LogP contribution in [0, 0.1) is 0 Å². The standard InChI is InChI=1S/C22H18BrClN2O2/c1-26(18-5-3-2-4-6-18)21(27)13-15-7-10-17(11-8-15)25-22(28)19-14-16(23)9-12-20(19)24/h2-12,14H,13H2,1H3,(H,25,28). The van der Waals surface area contributed by atoms with E-state index in [1.54, 1.807) is 42.3 Å². The molecule has 2 amide bonds. The molecule has 0 fully saturated rings. The van der Waals surface area contributed by atoms with E-state index in [0.29, 0.717) is 16.3 Å². The van der Waals surface area contributed by atoms with Crippen LogP contribution in [0.4, 0.5) is 11.4 Å². The average Bonchev–Trinajstić information content (AvgIpc) is 2.71. The molecule has 0 saturated carbocycles. The molecule has 0 aliphatic carbocycles. The molecule has 3 rings (SSSR count). The van der Waals surface area contributed by atoms with Crippen molar-refractivity contribution in [1.29, 1.82) is 0 Å². The third kappa shape index (κ3) is 5.00. The van der Waals surface area contributed by atoms with Gasteiger partial charge in [0.15, 0.2) is 0 Å². The minimum atomic E-state index is -0.293. The predicted octanol–water partition coefficient (Wildman–Crippen LogP) is 5.56. The number of nitrogens with one attached hydrogen (secondary N) is 1. The first kappa shape index (κ1) is 20.1. The highest BCUT2D eigenvalue weighted by Gasteiger charge is 2.13. The highest BCUT2D eigenvalue weighted by atomic mass is 79.9. The van der Waals surface area contributed by atoms with Crippen molar-refractivity contribution in [2.45, 2.75) is 6.42 Å². The zero-order chi connectivity index (χ0) is 20.1. The van der Waals surface area contributed by atoms with Crippen molar-refractivity contribution < 1.29 is 9.59 Å². The molecule has 0 bridgehead atoms. The fraction of sp³-hybridized carbons (Fsp3) is 0.0909. The zero-order valence-electron chi connectivity index (χ0n) is 15.2. The summed E-state index contributed by atoms with van der Waals surface area (Å²) in [6.45, 7) is 0. The van der Waals surface area contributed by atoms with E-state index in [2.05, 4.69) is 21.2 Å². The number of amides is 2. The molecule has 0 aliphatic heterocycles. The summed E-state index contributed by atoms with van der Waals surface area (Å²) in [5, 5.41) is 3.20. The quantitative estimate of drug-likeness (QED) is 0.545. The second-order valence-corrected chi connectivity index (χ2v) is 7.56. The predicted molar refractivity (Wildman–Crippen MR) is 117 cm³/mol. The van der Waals surface area contributed by atoms with Crippen LogP contribution in [0.3, 0.4) is 0 Å². The SMILES string of the molecule is CN(C(=O)Cc1ccc(NC(=O)c2cc(Br)ccc2Cl)cc1)c1ccccc1. The number of anilines is 2. The van der Waals surface area contributed by atoms with Gasteiger partial charge in [0.05, 0.1) is 17.0 Å². The lowest BCUT2D eigenvalue weighted by Crippen LogP contribution is -2.27. The summed E-state index contributed by atoms with van der Waals surface area (Å²) in [6, 6.07) is 21.8. The van der Waals surface area contributed by atoms with Gasteiger partial charge in [-0.15, -0.1) is 0 Å². The summed E-state index contributed by atoms with van der Waals surface area (Å²) in [7, 11) is 1.76. The van der Waals surface area contributed by atoms with E-state index in [1.165, 1.54) is 0 Å². The van der Waals surface area contributed by atoms with Crippen LogP contribution in [0.1, 0.15) is 15.9 Å². The molecule has 142 valence electrons. The third-order valence-electron chi connectivity index (χ3n) is 4.26. The molecule has 3 aromatic carbocycles. The monoisotopic (exact) mass is 456 g/mol. The summed E-state index contributed by atoms with van der Waals surface area (Å²) in [5.41, 5.74) is 2.74. The van der Waals surface area contributed by atoms with Gasteiger partial charge >= 0.3 is 0 Å². The first-order chi connectivity index (χ1) is 13.4. The fourth-order valence-corrected chi connectivity index (χ4v) is 3.23. The van der Waals surface area contributed by atoms with E-state index in [1.807, 2.05) is 42.5 Å². The number of rotatable bonds is 5. The number of benzene rings is 3. The van der Waals surface area contributed by atoms with Gasteiger partial charge in [-0.05, 0) is 48.0 Å². The molecule has 4 nitrogen and oxygen atoms in total. The van der Waals surface area contributed by atoms with Crippen LogP contribution >= 0.6 is 27.5 Å². The minimum Gasteiger partial charge on any atom is -0.322 e. The van der Waals surface area contributed by atoms with Crippen LogP contribution in [-0.2, 0) is 11.2 Å². The number of hydrogen-bond donors (Lipinski definition) is 1. The zero-order valence-corrected chi connectivity index (χ0v) is 17.5. The highest BCUT2D eigenvalue weighted by molar-refractivity contribution is 9.10. The Morgan fingerprint density at radius 1 is 1.00 bits per heavy atom. The van der Waals surface area contributed by atoms with Crippen molar-refractivity contribution in [3.8, 4) is 0 Å². The molecule has 0 heterocycles. The molecular weight excluding hydrogens is 440 g/mol. The topological polar surface area (TPSA) is 49.4 Å². The van der Waals surface area contributed by atoms with E-state index >= 15 is 0 Å². The van der Waals surface area contributed by atoms with Gasteiger partial charge in [0.25, 0.3) is 5.91 Å². The van der Waals surface area contributed by atoms with Gasteiger partial charge < -0.3 is 10.2 Å². The minimum absolute atomic E-state index is 0.0103. The Kier molecular flexibility index (Phi) is 6.49. The Hall–Kier alpha value is -2.63. The van der Waals surface area contributed by atoms with Crippen molar-refractivity contribution in [2.75, 3.05) is 17.3 Å². The fourth-order valence-electron chi connectivity index (χ4n) is 2.66. The van der Waals surface area contributed by atoms with E-state index in [4.69, 9.17) is 11.6 Å². The molecule has 6 heteroatoms. The Bertz CT molecular complexity index is 991. The van der Waals surface area contributed by atoms with Crippen LogP contribution in [-0.4, -0.2) is 18.9 Å². The molecular formula is C22H18BrClN2O2. The van der Waals surface area contributed by atoms with E-state index in [9.17, 15) is 9.59 Å². The molecule has 1 N–H and O–H groups in total. The van der Waals surface area contributed by atoms with Crippen molar-refractivity contribution in [2.24, 2.45) is 0 Å². The molecule has 3 aromatic rings. The summed E-state index contributed by atoms with van der Waals surface area (Å²) in [6.07, 6.45) is 0.275. The van der Waals surface area contributed by atoms with Gasteiger partial charge in [0.1, 0.15) is 0 Å². The maximum absolute atomic E-state index is 12.5. The van der Waals surface area contributed by atoms with Gasteiger partial charge in [0.2, 0.25) is 5.91 Å². The number of nitrogens with zero attached hydrogens (tertiary/aromatic N) is 1. The number of carbonyl (C=O) groups excluding carboxylic acids is 2. The van der Waals surface area contributed by atoms with E-state index in [-0.39, 0.29) is 18.2 Å². The number of halogens is 2. The second kappa shape index (κ2) is 9.04. The molecule has 0 spiro atoms. The van der Waals surface area contributed by atoms with Gasteiger partial charge in [-0.3, -0.25) is 9.59 Å². The molecule has 0 aromatic heterocycles. The van der Waals surface area contributed by atoms with Crippen molar-refractivity contribution in [1.82, 2.24) is 0 Å². The largest absolute Gasteiger partial charge is 0.322 e. The Morgan fingerprint density at radius 3 is 2.36 bits per heavy atom. The highest BCUT2D eigenvalue weighted by Crippen LogP contribution is 2.22. The van der Waals surface area contributed by atoms with Crippen LogP contribution in [0.5, 0.6) is 0 Å². The van der Waals surface area contributed by atoms with Gasteiger partial charge in [-0.2, -0.15) is 0 Å². The van der Waals surface area contributed by atoms with Crippen LogP contribution < -0.4 is 10.2 Å². The molecule has 28 heavy (non-hydrogen) atoms. The van der Waals surface area contributed by atoms with Crippen molar-refractivity contribution >= 4 is 50.7 Å². The normalized spacial score (nSPS) is 10.4. The van der Waals surface area contributed by atoms with Crippen LogP contribution in [0.15, 0.2) is 77.3 Å². The van der Waals surface area contributed by atoms with Gasteiger partial charge in [-0.25, -0.2) is 0 Å². The third-order valence-corrected chi connectivity index (χ3v) is 5.08. The smallest absolute Gasteiger partial charge is 0.257 e.